The molecule has 5 N–H and O–H groups in total. The van der Waals surface area contributed by atoms with Crippen molar-refractivity contribution < 1.29 is 63.9 Å². The number of halogens is 4. The van der Waals surface area contributed by atoms with E-state index in [9.17, 15) is 63.9 Å². The number of anilines is 3. The Balaban J connectivity index is 0.638. The van der Waals surface area contributed by atoms with Gasteiger partial charge in [-0.3, -0.25) is 38.6 Å². The third-order valence-corrected chi connectivity index (χ3v) is 27.5. The monoisotopic (exact) mass is 1640 g/mol. The fourth-order valence-corrected chi connectivity index (χ4v) is 19.7. The average molecular weight is 1640 g/mol. The Morgan fingerprint density at radius 1 is 0.804 bits per heavy atom. The number of nitrogens with one attached hydrogen (secondary N) is 4. The number of allylic oxidation sites excluding steroid dienone is 1. The lowest BCUT2D eigenvalue weighted by Gasteiger charge is -2.49. The first-order valence-electron chi connectivity index (χ1n) is 38.6. The van der Waals surface area contributed by atoms with Gasteiger partial charge in [0.05, 0.1) is 50.2 Å². The fourth-order valence-electron chi connectivity index (χ4n) is 15.7. The Labute approximate surface area is 668 Å². The van der Waals surface area contributed by atoms with Crippen molar-refractivity contribution in [3.8, 4) is 10.4 Å². The van der Waals surface area contributed by atoms with E-state index >= 15 is 0 Å². The number of aryl methyl sites for hydroxylation is 1. The van der Waals surface area contributed by atoms with Crippen LogP contribution >= 0.6 is 34.7 Å². The first-order chi connectivity index (χ1) is 53.1. The summed E-state index contributed by atoms with van der Waals surface area (Å²) >= 11 is 9.22. The van der Waals surface area contributed by atoms with Gasteiger partial charge >= 0.3 is 5.51 Å². The number of aliphatic hydroxyl groups is 1. The standard InChI is InChI=1S/C82H101ClF3N11O11S4/c1-52(55-20-22-57(23-21-55)74-53(2)87-51-110-74)88-77(102)69-43-62(98)48-97(69)79(104)75(80(3,4)5)90-72(99)16-12-9-13-17-73(100)94-39-36-92(37-40-94)35-33-61(50-109-63-14-10-8-11-15-63)89-66-30-29-64(44-71(66)111(105,106)82(84,85)86)112(107,108)91-76(101)58-26-31-67-68(42-58)96(46-54-18-19-54)78(103)70-49-93(38-41-95(67)70)47-59-45-81(6,7)34-32-65(59)56-24-27-60(83)28-25-56/h8,10-11,14-15,20-31,42,44,51-52,54,61-62,69-70,75,89,98H,9,12-13,16-19,32-41,43,45-50H2,1-7H3,(H,88,102)(H,90,99)(H,91,101)/t52-,61+,62+,69-,70?,75+/m0/s1. The number of carbonyl (C=O) groups is 6. The molecule has 22 nitrogen and oxygen atoms in total. The zero-order chi connectivity index (χ0) is 80.2. The maximum atomic E-state index is 14.8. The number of hydrogen-bond donors (Lipinski definition) is 5. The first-order valence-corrected chi connectivity index (χ1v) is 43.8. The first kappa shape index (κ1) is 83.5. The number of nitrogens with zero attached hydrogens (tertiary/aromatic N) is 7. The van der Waals surface area contributed by atoms with Crippen molar-refractivity contribution in [2.45, 2.75) is 182 Å². The van der Waals surface area contributed by atoms with Crippen LogP contribution < -0.4 is 30.5 Å². The van der Waals surface area contributed by atoms with Crippen LogP contribution in [0, 0.1) is 23.7 Å². The Kier molecular flexibility index (Phi) is 26.1. The number of β-amino-alcohol motifs (C(OH)–C–C–N with tert-alkyl or cyclic N) is 1. The number of thioether (sulfide) groups is 1. The third-order valence-electron chi connectivity index (χ3n) is 22.3. The van der Waals surface area contributed by atoms with Crippen LogP contribution in [0.3, 0.4) is 0 Å². The Bertz CT molecular complexity index is 4710. The predicted molar refractivity (Wildman–Crippen MR) is 431 cm³/mol. The molecule has 6 aromatic rings. The number of fused-ring (bicyclic) bond motifs is 3. The van der Waals surface area contributed by atoms with Gasteiger partial charge in [-0.25, -0.2) is 26.5 Å². The van der Waals surface area contributed by atoms with Crippen molar-refractivity contribution in [3.05, 3.63) is 154 Å². The highest BCUT2D eigenvalue weighted by Gasteiger charge is 2.50. The van der Waals surface area contributed by atoms with E-state index in [1.165, 1.54) is 39.9 Å². The van der Waals surface area contributed by atoms with Gasteiger partial charge in [0.2, 0.25) is 23.6 Å². The number of aliphatic hydroxyl groups excluding tert-OH is 1. The molecular weight excluding hydrogens is 1540 g/mol. The topological polar surface area (TPSA) is 271 Å². The van der Waals surface area contributed by atoms with Crippen molar-refractivity contribution in [2.75, 3.05) is 92.9 Å². The minimum Gasteiger partial charge on any atom is -0.391 e. The maximum Gasteiger partial charge on any atom is 0.501 e. The molecule has 0 spiro atoms. The highest BCUT2D eigenvalue weighted by Crippen LogP contribution is 2.46. The molecular formula is C82H101ClF3N11O11S4. The van der Waals surface area contributed by atoms with Gasteiger partial charge in [-0.2, -0.15) is 13.2 Å². The van der Waals surface area contributed by atoms with E-state index in [0.717, 1.165) is 76.4 Å². The number of piperazine rings is 2. The van der Waals surface area contributed by atoms with Gasteiger partial charge in [0.1, 0.15) is 23.0 Å². The van der Waals surface area contributed by atoms with Gasteiger partial charge in [-0.15, -0.1) is 23.1 Å². The maximum absolute atomic E-state index is 14.8. The van der Waals surface area contributed by atoms with Crippen LogP contribution in [-0.4, -0.2) is 195 Å². The van der Waals surface area contributed by atoms with Crippen LogP contribution in [0.15, 0.2) is 141 Å². The van der Waals surface area contributed by atoms with Crippen LogP contribution in [-0.2, 0) is 43.8 Å². The second-order valence-electron chi connectivity index (χ2n) is 32.4. The molecule has 6 amide bonds. The molecule has 30 heteroatoms. The number of thiazole rings is 1. The van der Waals surface area contributed by atoms with Crippen molar-refractivity contribution in [2.24, 2.45) is 16.7 Å². The average Bonchev–Trinajstić information content (AvgIpc) is 0.756. The fraction of sp³-hybridized carbons (Fsp3) is 0.500. The number of unbranched alkanes of at least 4 members (excludes halogenated alkanes) is 2. The quantitative estimate of drug-likeness (QED) is 0.0216. The number of sulfonamides is 1. The molecule has 0 radical (unpaired) electrons. The highest BCUT2D eigenvalue weighted by molar-refractivity contribution is 7.99. The SMILES string of the molecule is Cc1ncsc1-c1ccc([C@H](C)NC(=O)[C@@H]2C[C@@H](O)CN2C(=O)[C@@H](NC(=O)CCCCCC(=O)N2CCN(CC[C@H](CSc3ccccc3)Nc3ccc(S(=O)(=O)NC(=O)c4ccc5c(c4)N(CC4CC4)C(=O)C4CN(CC6=C(c7ccc(Cl)cc7)CCC(C)(C)C6)CCN54)cc3S(=O)(=O)C(F)(F)F)CC2)C(C)(C)C)cc1. The van der Waals surface area contributed by atoms with Crippen molar-refractivity contribution in [1.29, 1.82) is 0 Å². The summed E-state index contributed by atoms with van der Waals surface area (Å²) in [6.45, 7) is 18.5. The lowest BCUT2D eigenvalue weighted by atomic mass is 9.72. The molecule has 1 unspecified atom stereocenters. The largest absolute Gasteiger partial charge is 0.501 e. The second-order valence-corrected chi connectivity index (χ2v) is 38.4. The number of amides is 6. The summed E-state index contributed by atoms with van der Waals surface area (Å²) in [7, 11) is -11.3. The molecule has 602 valence electrons. The zero-order valence-electron chi connectivity index (χ0n) is 64.4. The number of hydrogen-bond acceptors (Lipinski definition) is 18. The molecule has 1 saturated carbocycles. The molecule has 4 aliphatic heterocycles. The Morgan fingerprint density at radius 2 is 1.50 bits per heavy atom. The summed E-state index contributed by atoms with van der Waals surface area (Å²) in [5.74, 6) is -2.15. The van der Waals surface area contributed by atoms with E-state index in [4.69, 9.17) is 11.6 Å². The summed E-state index contributed by atoms with van der Waals surface area (Å²) in [6, 6.07) is 28.3. The van der Waals surface area contributed by atoms with Gasteiger partial charge in [-0.05, 0) is 165 Å². The zero-order valence-corrected chi connectivity index (χ0v) is 68.4. The number of rotatable bonds is 29. The molecule has 6 atom stereocenters. The summed E-state index contributed by atoms with van der Waals surface area (Å²) in [5, 5.41) is 20.4. The molecule has 6 aliphatic rings. The number of aromatic nitrogens is 1. The summed E-state index contributed by atoms with van der Waals surface area (Å²) < 4.78 is 102. The molecule has 4 fully saturated rings. The van der Waals surface area contributed by atoms with Crippen LogP contribution in [0.5, 0.6) is 0 Å². The molecule has 12 rings (SSSR count). The van der Waals surface area contributed by atoms with Gasteiger partial charge in [0.15, 0.2) is 0 Å². The van der Waals surface area contributed by atoms with Gasteiger partial charge in [0.25, 0.3) is 31.7 Å². The molecule has 2 aliphatic carbocycles. The molecule has 0 bridgehead atoms. The van der Waals surface area contributed by atoms with Gasteiger partial charge < -0.3 is 40.7 Å². The van der Waals surface area contributed by atoms with Crippen LogP contribution in [0.2, 0.25) is 5.02 Å². The molecule has 3 saturated heterocycles. The molecule has 5 heterocycles. The van der Waals surface area contributed by atoms with Gasteiger partial charge in [0, 0.05) is 119 Å². The van der Waals surface area contributed by atoms with Crippen LogP contribution in [0.1, 0.15) is 152 Å². The lowest BCUT2D eigenvalue weighted by Crippen LogP contribution is -2.63. The van der Waals surface area contributed by atoms with Crippen molar-refractivity contribution in [3.63, 3.8) is 0 Å². The van der Waals surface area contributed by atoms with E-state index in [1.807, 2.05) is 111 Å². The summed E-state index contributed by atoms with van der Waals surface area (Å²) in [4.78, 5) is 99.5. The molecule has 1 aromatic heterocycles. The highest BCUT2D eigenvalue weighted by atomic mass is 35.5. The van der Waals surface area contributed by atoms with E-state index in [1.54, 1.807) is 32.7 Å². The lowest BCUT2D eigenvalue weighted by molar-refractivity contribution is -0.144. The summed E-state index contributed by atoms with van der Waals surface area (Å²) in [5.41, 5.74) is 2.33. The summed E-state index contributed by atoms with van der Waals surface area (Å²) in [6.07, 6.45) is 5.86. The van der Waals surface area contributed by atoms with E-state index in [-0.39, 0.29) is 72.6 Å². The van der Waals surface area contributed by atoms with Crippen LogP contribution in [0.4, 0.5) is 30.2 Å². The number of alkyl halides is 3. The van der Waals surface area contributed by atoms with E-state index in [0.29, 0.717) is 107 Å². The Morgan fingerprint density at radius 3 is 2.18 bits per heavy atom. The smallest absolute Gasteiger partial charge is 0.391 e. The van der Waals surface area contributed by atoms with Crippen LogP contribution in [0.25, 0.3) is 16.0 Å². The third kappa shape index (κ3) is 20.2. The van der Waals surface area contributed by atoms with Crippen molar-refractivity contribution >= 4 is 113 Å². The van der Waals surface area contributed by atoms with Crippen molar-refractivity contribution in [1.82, 2.24) is 39.9 Å². The van der Waals surface area contributed by atoms with E-state index < -0.39 is 100 Å². The number of benzene rings is 5. The number of likely N-dealkylation sites (tertiary alicyclic amines) is 1. The van der Waals surface area contributed by atoms with E-state index in [2.05, 4.69) is 56.7 Å². The van der Waals surface area contributed by atoms with Gasteiger partial charge in [-0.1, -0.05) is 113 Å². The predicted octanol–water partition coefficient (Wildman–Crippen LogP) is 12.5. The number of carbonyl (C=O) groups excluding carboxylic acids is 6. The normalized spacial score (nSPS) is 20.0. The Hall–Kier alpha value is -7.90. The molecule has 5 aromatic carbocycles. The second kappa shape index (κ2) is 35.1. The molecule has 112 heavy (non-hydrogen) atoms. The minimum absolute atomic E-state index is 0.0426. The minimum atomic E-state index is -6.24. The number of sulfone groups is 1.